The van der Waals surface area contributed by atoms with Crippen molar-refractivity contribution in [1.29, 1.82) is 0 Å². The first-order chi connectivity index (χ1) is 15.9. The Labute approximate surface area is 195 Å². The summed E-state index contributed by atoms with van der Waals surface area (Å²) in [6.45, 7) is 5.42. The van der Waals surface area contributed by atoms with Gasteiger partial charge in [-0.2, -0.15) is 0 Å². The lowest BCUT2D eigenvalue weighted by Crippen LogP contribution is -2.16. The van der Waals surface area contributed by atoms with Crippen LogP contribution in [0.4, 0.5) is 0 Å². The molecule has 0 unspecified atom stereocenters. The van der Waals surface area contributed by atoms with E-state index in [0.717, 1.165) is 41.5 Å². The topological polar surface area (TPSA) is 108 Å². The van der Waals surface area contributed by atoms with Crippen molar-refractivity contribution >= 4 is 19.2 Å². The fourth-order valence-electron chi connectivity index (χ4n) is 3.67. The number of hydrogen-bond donors (Lipinski definition) is 3. The summed E-state index contributed by atoms with van der Waals surface area (Å²) < 4.78 is 16.9. The minimum atomic E-state index is -3.93. The van der Waals surface area contributed by atoms with Gasteiger partial charge in [0.05, 0.1) is 6.16 Å². The molecule has 0 spiro atoms. The lowest BCUT2D eigenvalue weighted by Gasteiger charge is -2.09. The molecule has 33 heavy (non-hydrogen) atoms. The highest BCUT2D eigenvalue weighted by Gasteiger charge is 2.14. The van der Waals surface area contributed by atoms with Crippen LogP contribution in [0.1, 0.15) is 55.7 Å². The molecule has 0 saturated carbocycles. The summed E-state index contributed by atoms with van der Waals surface area (Å²) in [4.78, 5) is 17.9. The number of hydrogen-bond acceptors (Lipinski definition) is 5. The van der Waals surface area contributed by atoms with Crippen LogP contribution in [0.15, 0.2) is 52.9 Å². The van der Waals surface area contributed by atoms with Crippen LogP contribution in [-0.2, 0) is 17.5 Å². The third-order valence-corrected chi connectivity index (χ3v) is 6.21. The van der Waals surface area contributed by atoms with Crippen molar-refractivity contribution in [2.75, 3.05) is 12.7 Å². The van der Waals surface area contributed by atoms with Gasteiger partial charge in [-0.1, -0.05) is 62.7 Å². The van der Waals surface area contributed by atoms with E-state index in [2.05, 4.69) is 47.6 Å². The number of aromatic nitrogens is 2. The van der Waals surface area contributed by atoms with Gasteiger partial charge in [0, 0.05) is 18.2 Å². The van der Waals surface area contributed by atoms with E-state index in [4.69, 9.17) is 14.2 Å². The SMILES string of the molecule is CCC/C(=C\c1nnc(-c2ccc(CNCCCP(=O)(O)O)cc2CC)o1)c1ccccc1. The first-order valence-electron chi connectivity index (χ1n) is 11.4. The highest BCUT2D eigenvalue weighted by Crippen LogP contribution is 2.34. The number of allylic oxidation sites excluding steroid dienone is 1. The summed E-state index contributed by atoms with van der Waals surface area (Å²) >= 11 is 0. The van der Waals surface area contributed by atoms with Crippen LogP contribution in [0.25, 0.3) is 23.1 Å². The summed E-state index contributed by atoms with van der Waals surface area (Å²) in [5, 5.41) is 11.8. The fraction of sp³-hybridized carbons (Fsp3) is 0.360. The van der Waals surface area contributed by atoms with Gasteiger partial charge < -0.3 is 19.5 Å². The zero-order valence-electron chi connectivity index (χ0n) is 19.2. The summed E-state index contributed by atoms with van der Waals surface area (Å²) in [6, 6.07) is 16.4. The van der Waals surface area contributed by atoms with E-state index in [1.54, 1.807) is 0 Å². The number of aryl methyl sites for hydroxylation is 1. The monoisotopic (exact) mass is 469 g/mol. The summed E-state index contributed by atoms with van der Waals surface area (Å²) in [5.74, 6) is 0.998. The second-order valence-corrected chi connectivity index (χ2v) is 9.77. The summed E-state index contributed by atoms with van der Waals surface area (Å²) in [5.41, 5.74) is 5.46. The van der Waals surface area contributed by atoms with E-state index in [1.807, 2.05) is 36.4 Å². The van der Waals surface area contributed by atoms with Crippen molar-refractivity contribution in [3.8, 4) is 11.5 Å². The predicted octanol–water partition coefficient (Wildman–Crippen LogP) is 5.30. The Morgan fingerprint density at radius 2 is 1.91 bits per heavy atom. The molecule has 1 aromatic heterocycles. The largest absolute Gasteiger partial charge is 0.417 e. The molecule has 0 fully saturated rings. The molecule has 0 aliphatic heterocycles. The number of benzene rings is 2. The number of rotatable bonds is 12. The van der Waals surface area contributed by atoms with Crippen molar-refractivity contribution in [1.82, 2.24) is 15.5 Å². The molecule has 3 rings (SSSR count). The van der Waals surface area contributed by atoms with Gasteiger partial charge in [0.25, 0.3) is 0 Å². The van der Waals surface area contributed by atoms with Gasteiger partial charge >= 0.3 is 7.60 Å². The second-order valence-electron chi connectivity index (χ2n) is 7.99. The van der Waals surface area contributed by atoms with E-state index >= 15 is 0 Å². The molecule has 0 saturated heterocycles. The highest BCUT2D eigenvalue weighted by molar-refractivity contribution is 7.51. The van der Waals surface area contributed by atoms with Crippen molar-refractivity contribution in [3.05, 3.63) is 71.1 Å². The highest BCUT2D eigenvalue weighted by atomic mass is 31.2. The quantitative estimate of drug-likeness (QED) is 0.244. The molecule has 0 aliphatic carbocycles. The van der Waals surface area contributed by atoms with Crippen molar-refractivity contribution in [3.63, 3.8) is 0 Å². The van der Waals surface area contributed by atoms with Crippen LogP contribution in [0, 0.1) is 0 Å². The minimum Gasteiger partial charge on any atom is -0.417 e. The molecule has 0 aliphatic rings. The zero-order valence-corrected chi connectivity index (χ0v) is 20.1. The normalized spacial score (nSPS) is 12.3. The predicted molar refractivity (Wildman–Crippen MR) is 132 cm³/mol. The molecule has 176 valence electrons. The van der Waals surface area contributed by atoms with E-state index in [0.29, 0.717) is 31.3 Å². The Kier molecular flexibility index (Phi) is 9.15. The maximum absolute atomic E-state index is 10.9. The van der Waals surface area contributed by atoms with E-state index in [9.17, 15) is 4.57 Å². The summed E-state index contributed by atoms with van der Waals surface area (Å²) in [6.07, 6.45) is 5.08. The van der Waals surface area contributed by atoms with E-state index < -0.39 is 7.60 Å². The van der Waals surface area contributed by atoms with Crippen LogP contribution in [0.5, 0.6) is 0 Å². The van der Waals surface area contributed by atoms with Gasteiger partial charge in [0.15, 0.2) is 0 Å². The average molecular weight is 470 g/mol. The van der Waals surface area contributed by atoms with E-state index in [1.165, 1.54) is 5.57 Å². The third-order valence-electron chi connectivity index (χ3n) is 5.32. The molecule has 0 atom stereocenters. The van der Waals surface area contributed by atoms with Gasteiger partial charge in [-0.25, -0.2) is 0 Å². The standard InChI is InChI=1S/C25H32N3O4P/c1-3-9-22(21-10-6-5-7-11-21)17-24-27-28-25(32-24)23-13-12-19(16-20(23)4-2)18-26-14-8-15-33(29,30)31/h5-7,10-13,16-17,26H,3-4,8-9,14-15,18H2,1-2H3,(H2,29,30,31)/b22-17+. The molecule has 7 nitrogen and oxygen atoms in total. The molecule has 8 heteroatoms. The van der Waals surface area contributed by atoms with Crippen LogP contribution in [0.3, 0.4) is 0 Å². The van der Waals surface area contributed by atoms with Gasteiger partial charge in [0.1, 0.15) is 0 Å². The maximum Gasteiger partial charge on any atom is 0.325 e. The van der Waals surface area contributed by atoms with Crippen LogP contribution < -0.4 is 5.32 Å². The second kappa shape index (κ2) is 12.1. The van der Waals surface area contributed by atoms with Crippen molar-refractivity contribution in [2.45, 2.75) is 46.1 Å². The molecule has 0 amide bonds. The molecular formula is C25H32N3O4P. The summed E-state index contributed by atoms with van der Waals surface area (Å²) in [7, 11) is -3.93. The zero-order chi connectivity index (χ0) is 23.7. The molecule has 0 bridgehead atoms. The molecule has 2 aromatic carbocycles. The van der Waals surface area contributed by atoms with Gasteiger partial charge in [0.2, 0.25) is 11.8 Å². The molecule has 1 heterocycles. The molecular weight excluding hydrogens is 437 g/mol. The number of nitrogens with one attached hydrogen (secondary N) is 1. The van der Waals surface area contributed by atoms with Crippen LogP contribution >= 0.6 is 7.60 Å². The fourth-order valence-corrected chi connectivity index (χ4v) is 4.24. The lowest BCUT2D eigenvalue weighted by atomic mass is 10.0. The Morgan fingerprint density at radius 1 is 1.12 bits per heavy atom. The average Bonchev–Trinajstić information content (AvgIpc) is 3.26. The van der Waals surface area contributed by atoms with Gasteiger partial charge in [-0.15, -0.1) is 10.2 Å². The Morgan fingerprint density at radius 3 is 2.61 bits per heavy atom. The van der Waals surface area contributed by atoms with Gasteiger partial charge in [-0.05, 0) is 54.1 Å². The lowest BCUT2D eigenvalue weighted by molar-refractivity contribution is 0.371. The molecule has 3 aromatic rings. The maximum atomic E-state index is 10.9. The third kappa shape index (κ3) is 7.76. The Hall–Kier alpha value is -2.57. The van der Waals surface area contributed by atoms with Gasteiger partial charge in [-0.3, -0.25) is 4.57 Å². The first-order valence-corrected chi connectivity index (χ1v) is 13.2. The van der Waals surface area contributed by atoms with Crippen LogP contribution in [-0.4, -0.2) is 32.7 Å². The first kappa shape index (κ1) is 25.1. The Bertz CT molecular complexity index is 1110. The van der Waals surface area contributed by atoms with Crippen molar-refractivity contribution in [2.24, 2.45) is 0 Å². The minimum absolute atomic E-state index is 0.0999. The molecule has 3 N–H and O–H groups in total. The Balaban J connectivity index is 1.71. The van der Waals surface area contributed by atoms with Crippen LogP contribution in [0.2, 0.25) is 0 Å². The van der Waals surface area contributed by atoms with E-state index in [-0.39, 0.29) is 6.16 Å². The smallest absolute Gasteiger partial charge is 0.325 e. The molecule has 0 radical (unpaired) electrons. The number of nitrogens with zero attached hydrogens (tertiary/aromatic N) is 2. The van der Waals surface area contributed by atoms with Crippen molar-refractivity contribution < 1.29 is 18.8 Å².